The summed E-state index contributed by atoms with van der Waals surface area (Å²) in [6, 6.07) is 10.5. The molecule has 2 heterocycles. The molecule has 0 aliphatic carbocycles. The number of aromatic nitrogens is 1. The second kappa shape index (κ2) is 8.01. The topological polar surface area (TPSA) is 61.4 Å². The van der Waals surface area contributed by atoms with Gasteiger partial charge in [0.05, 0.1) is 12.1 Å². The van der Waals surface area contributed by atoms with Gasteiger partial charge in [0.2, 0.25) is 0 Å². The number of nitrogens with one attached hydrogen (secondary N) is 3. The zero-order valence-corrected chi connectivity index (χ0v) is 16.0. The van der Waals surface area contributed by atoms with Gasteiger partial charge in [-0.25, -0.2) is 0 Å². The van der Waals surface area contributed by atoms with Gasteiger partial charge in [-0.05, 0) is 37.3 Å². The van der Waals surface area contributed by atoms with E-state index in [1.165, 1.54) is 5.39 Å². The summed E-state index contributed by atoms with van der Waals surface area (Å²) in [4.78, 5) is 7.68. The fraction of sp³-hybridized carbons (Fsp3) is 0.471. The van der Waals surface area contributed by atoms with Crippen molar-refractivity contribution in [2.45, 2.75) is 31.9 Å². The number of hydrogen-bond donors (Lipinski definition) is 3. The molecule has 1 saturated heterocycles. The number of hydrogen-bond acceptors (Lipinski definition) is 2. The van der Waals surface area contributed by atoms with Crippen molar-refractivity contribution in [1.29, 1.82) is 0 Å². The number of guanidine groups is 1. The van der Waals surface area contributed by atoms with Crippen LogP contribution in [0.1, 0.15) is 25.5 Å². The van der Waals surface area contributed by atoms with E-state index < -0.39 is 0 Å². The number of halogens is 1. The van der Waals surface area contributed by atoms with Crippen molar-refractivity contribution < 1.29 is 4.74 Å². The zero-order chi connectivity index (χ0) is 15.4. The number of H-pyrrole nitrogens is 1. The van der Waals surface area contributed by atoms with E-state index in [9.17, 15) is 0 Å². The normalized spacial score (nSPS) is 21.2. The zero-order valence-electron chi connectivity index (χ0n) is 13.7. The summed E-state index contributed by atoms with van der Waals surface area (Å²) < 4.78 is 5.79. The molecule has 0 bridgehead atoms. The lowest BCUT2D eigenvalue weighted by Crippen LogP contribution is -2.45. The Balaban J connectivity index is 0.00000192. The number of benzene rings is 1. The standard InChI is InChI=1S/C17H24N4O.HI/c1-17(8-5-9-22-17)12-20-16(18-2)19-11-14-10-13-6-3-4-7-15(13)21-14;/h3-4,6-7,10,21H,5,8-9,11-12H2,1-2H3,(H2,18,19,20);1H. The van der Waals surface area contributed by atoms with Crippen LogP contribution in [0.25, 0.3) is 10.9 Å². The van der Waals surface area contributed by atoms with Gasteiger partial charge in [-0.3, -0.25) is 4.99 Å². The minimum absolute atomic E-state index is 0. The number of aromatic amines is 1. The number of aliphatic imine (C=N–C) groups is 1. The van der Waals surface area contributed by atoms with Crippen LogP contribution in [-0.2, 0) is 11.3 Å². The van der Waals surface area contributed by atoms with Crippen LogP contribution in [0.2, 0.25) is 0 Å². The van der Waals surface area contributed by atoms with E-state index >= 15 is 0 Å². The van der Waals surface area contributed by atoms with E-state index in [2.05, 4.69) is 51.8 Å². The SMILES string of the molecule is CN=C(NCc1cc2ccccc2[nH]1)NCC1(C)CCCO1.I. The van der Waals surface area contributed by atoms with Crippen LogP contribution in [-0.4, -0.2) is 36.7 Å². The smallest absolute Gasteiger partial charge is 0.191 e. The molecule has 5 nitrogen and oxygen atoms in total. The molecule has 0 amide bonds. The molecular weight excluding hydrogens is 403 g/mol. The summed E-state index contributed by atoms with van der Waals surface area (Å²) >= 11 is 0. The molecule has 3 rings (SSSR count). The predicted octanol–water partition coefficient (Wildman–Crippen LogP) is 3.02. The van der Waals surface area contributed by atoms with Crippen LogP contribution in [0.3, 0.4) is 0 Å². The fourth-order valence-electron chi connectivity index (χ4n) is 2.88. The molecule has 0 saturated carbocycles. The van der Waals surface area contributed by atoms with Gasteiger partial charge in [0.25, 0.3) is 0 Å². The van der Waals surface area contributed by atoms with Gasteiger partial charge in [0.1, 0.15) is 0 Å². The Kier molecular flexibility index (Phi) is 6.29. The summed E-state index contributed by atoms with van der Waals surface area (Å²) in [7, 11) is 1.79. The monoisotopic (exact) mass is 428 g/mol. The summed E-state index contributed by atoms with van der Waals surface area (Å²) in [6.07, 6.45) is 2.23. The van der Waals surface area contributed by atoms with Gasteiger partial charge in [-0.15, -0.1) is 24.0 Å². The first kappa shape index (κ1) is 18.1. The van der Waals surface area contributed by atoms with Crippen LogP contribution in [0.5, 0.6) is 0 Å². The summed E-state index contributed by atoms with van der Waals surface area (Å²) in [5.41, 5.74) is 2.24. The second-order valence-corrected chi connectivity index (χ2v) is 6.06. The van der Waals surface area contributed by atoms with Crippen molar-refractivity contribution in [2.75, 3.05) is 20.2 Å². The van der Waals surface area contributed by atoms with Gasteiger partial charge < -0.3 is 20.4 Å². The minimum Gasteiger partial charge on any atom is -0.373 e. The molecule has 1 fully saturated rings. The molecule has 1 unspecified atom stereocenters. The maximum Gasteiger partial charge on any atom is 0.191 e. The molecule has 23 heavy (non-hydrogen) atoms. The minimum atomic E-state index is -0.0707. The average Bonchev–Trinajstić information content (AvgIpc) is 3.13. The van der Waals surface area contributed by atoms with Crippen molar-refractivity contribution in [3.8, 4) is 0 Å². The van der Waals surface area contributed by atoms with Crippen molar-refractivity contribution in [1.82, 2.24) is 15.6 Å². The third-order valence-corrected chi connectivity index (χ3v) is 4.19. The maximum absolute atomic E-state index is 5.79. The molecule has 2 aromatic rings. The van der Waals surface area contributed by atoms with E-state index in [0.717, 1.165) is 43.2 Å². The van der Waals surface area contributed by atoms with E-state index in [1.807, 2.05) is 6.07 Å². The van der Waals surface area contributed by atoms with Gasteiger partial charge in [0.15, 0.2) is 5.96 Å². The van der Waals surface area contributed by atoms with E-state index in [1.54, 1.807) is 7.05 Å². The molecule has 1 aromatic carbocycles. The molecule has 1 aromatic heterocycles. The van der Waals surface area contributed by atoms with Crippen molar-refractivity contribution in [3.63, 3.8) is 0 Å². The van der Waals surface area contributed by atoms with Crippen LogP contribution in [0.15, 0.2) is 35.3 Å². The lowest BCUT2D eigenvalue weighted by atomic mass is 10.0. The van der Waals surface area contributed by atoms with E-state index in [-0.39, 0.29) is 29.6 Å². The lowest BCUT2D eigenvalue weighted by molar-refractivity contribution is 0.0243. The Morgan fingerprint density at radius 3 is 2.87 bits per heavy atom. The molecule has 0 spiro atoms. The molecule has 0 radical (unpaired) electrons. The molecule has 1 atom stereocenters. The Bertz CT molecular complexity index is 628. The number of nitrogens with zero attached hydrogens (tertiary/aromatic N) is 1. The largest absolute Gasteiger partial charge is 0.373 e. The highest BCUT2D eigenvalue weighted by atomic mass is 127. The highest BCUT2D eigenvalue weighted by Gasteiger charge is 2.29. The first-order valence-electron chi connectivity index (χ1n) is 7.84. The van der Waals surface area contributed by atoms with Crippen LogP contribution in [0, 0.1) is 0 Å². The van der Waals surface area contributed by atoms with Crippen molar-refractivity contribution in [3.05, 3.63) is 36.0 Å². The first-order valence-corrected chi connectivity index (χ1v) is 7.84. The van der Waals surface area contributed by atoms with Gasteiger partial charge in [0, 0.05) is 31.4 Å². The van der Waals surface area contributed by atoms with Crippen LogP contribution in [0.4, 0.5) is 0 Å². The Labute approximate surface area is 154 Å². The molecule has 1 aliphatic rings. The third kappa shape index (κ3) is 4.60. The van der Waals surface area contributed by atoms with Crippen molar-refractivity contribution in [2.24, 2.45) is 4.99 Å². The highest BCUT2D eigenvalue weighted by Crippen LogP contribution is 2.23. The highest BCUT2D eigenvalue weighted by molar-refractivity contribution is 14.0. The molecule has 126 valence electrons. The number of para-hydroxylation sites is 1. The quantitative estimate of drug-likeness (QED) is 0.399. The summed E-state index contributed by atoms with van der Waals surface area (Å²) in [5.74, 6) is 0.801. The molecular formula is C17H25IN4O. The number of fused-ring (bicyclic) bond motifs is 1. The van der Waals surface area contributed by atoms with Crippen molar-refractivity contribution >= 4 is 40.8 Å². The van der Waals surface area contributed by atoms with Crippen LogP contribution < -0.4 is 10.6 Å². The summed E-state index contributed by atoms with van der Waals surface area (Å²) in [5, 5.41) is 7.93. The Morgan fingerprint density at radius 1 is 1.35 bits per heavy atom. The maximum atomic E-state index is 5.79. The van der Waals surface area contributed by atoms with Gasteiger partial charge >= 0.3 is 0 Å². The lowest BCUT2D eigenvalue weighted by Gasteiger charge is -2.24. The Hall–Kier alpha value is -1.28. The third-order valence-electron chi connectivity index (χ3n) is 4.19. The van der Waals surface area contributed by atoms with E-state index in [4.69, 9.17) is 4.74 Å². The Morgan fingerprint density at radius 2 is 2.17 bits per heavy atom. The number of rotatable bonds is 4. The number of ether oxygens (including phenoxy) is 1. The molecule has 6 heteroatoms. The fourth-order valence-corrected chi connectivity index (χ4v) is 2.88. The van der Waals surface area contributed by atoms with Crippen LogP contribution >= 0.6 is 24.0 Å². The van der Waals surface area contributed by atoms with E-state index in [0.29, 0.717) is 6.54 Å². The predicted molar refractivity (Wildman–Crippen MR) is 106 cm³/mol. The van der Waals surface area contributed by atoms with Gasteiger partial charge in [-0.1, -0.05) is 18.2 Å². The first-order chi connectivity index (χ1) is 10.7. The van der Waals surface area contributed by atoms with Gasteiger partial charge in [-0.2, -0.15) is 0 Å². The second-order valence-electron chi connectivity index (χ2n) is 6.06. The summed E-state index contributed by atoms with van der Waals surface area (Å²) in [6.45, 7) is 4.50. The molecule has 3 N–H and O–H groups in total. The molecule has 1 aliphatic heterocycles. The average molecular weight is 428 g/mol.